The van der Waals surface area contributed by atoms with E-state index in [0.29, 0.717) is 15.5 Å². The highest BCUT2D eigenvalue weighted by Crippen LogP contribution is 2.37. The summed E-state index contributed by atoms with van der Waals surface area (Å²) in [5.74, 6) is -1.05. The molecular weight excluding hydrogens is 441 g/mol. The van der Waals surface area contributed by atoms with E-state index >= 15 is 0 Å². The lowest BCUT2D eigenvalue weighted by molar-refractivity contribution is -0.0293. The summed E-state index contributed by atoms with van der Waals surface area (Å²) in [5, 5.41) is 21.7. The SMILES string of the molecule is O=C(NOC[C@H](O)CO)c1sc2cnccc2c1Nc1ccc(Br)cc1F. The van der Waals surface area contributed by atoms with Crippen molar-refractivity contribution in [2.24, 2.45) is 0 Å². The molecule has 0 fully saturated rings. The fourth-order valence-electron chi connectivity index (χ4n) is 2.26. The Morgan fingerprint density at radius 1 is 1.41 bits per heavy atom. The van der Waals surface area contributed by atoms with Gasteiger partial charge >= 0.3 is 0 Å². The van der Waals surface area contributed by atoms with Crippen LogP contribution < -0.4 is 10.8 Å². The summed E-state index contributed by atoms with van der Waals surface area (Å²) < 4.78 is 15.6. The number of halogens is 2. The summed E-state index contributed by atoms with van der Waals surface area (Å²) in [6.45, 7) is -0.751. The maximum absolute atomic E-state index is 14.2. The molecule has 3 rings (SSSR count). The number of nitrogens with one attached hydrogen (secondary N) is 2. The fraction of sp³-hybridized carbons (Fsp3) is 0.176. The lowest BCUT2D eigenvalue weighted by Crippen LogP contribution is -2.29. The average molecular weight is 456 g/mol. The van der Waals surface area contributed by atoms with Crippen molar-refractivity contribution in [2.45, 2.75) is 6.10 Å². The summed E-state index contributed by atoms with van der Waals surface area (Å²) in [6.07, 6.45) is 2.08. The number of hydrogen-bond acceptors (Lipinski definition) is 7. The number of aromatic nitrogens is 1. The van der Waals surface area contributed by atoms with E-state index in [4.69, 9.17) is 9.94 Å². The van der Waals surface area contributed by atoms with Crippen LogP contribution >= 0.6 is 27.3 Å². The molecule has 0 radical (unpaired) electrons. The van der Waals surface area contributed by atoms with Crippen LogP contribution in [0.5, 0.6) is 0 Å². The summed E-state index contributed by atoms with van der Waals surface area (Å²) >= 11 is 4.37. The number of thiophene rings is 1. The number of anilines is 2. The van der Waals surface area contributed by atoms with E-state index in [1.807, 2.05) is 0 Å². The van der Waals surface area contributed by atoms with Crippen LogP contribution in [0.15, 0.2) is 41.1 Å². The van der Waals surface area contributed by atoms with Gasteiger partial charge in [0.2, 0.25) is 0 Å². The van der Waals surface area contributed by atoms with E-state index in [0.717, 1.165) is 16.0 Å². The molecule has 1 atom stereocenters. The quantitative estimate of drug-likeness (QED) is 0.408. The zero-order chi connectivity index (χ0) is 19.4. The minimum absolute atomic E-state index is 0.209. The molecule has 0 aliphatic heterocycles. The molecular formula is C17H15BrFN3O4S. The Morgan fingerprint density at radius 2 is 2.22 bits per heavy atom. The standard InChI is InChI=1S/C17H15BrFN3O4S/c18-9-1-2-13(12(19)5-9)21-15-11-3-4-20-6-14(11)27-16(15)17(25)22-26-8-10(24)7-23/h1-6,10,21,23-24H,7-8H2,(H,22,25)/t10-/m1/s1. The van der Waals surface area contributed by atoms with Gasteiger partial charge < -0.3 is 15.5 Å². The van der Waals surface area contributed by atoms with Crippen LogP contribution in [-0.4, -0.2) is 40.4 Å². The third-order valence-corrected chi connectivity index (χ3v) is 5.17. The first kappa shape index (κ1) is 19.6. The van der Waals surface area contributed by atoms with Crippen LogP contribution in [0.25, 0.3) is 10.1 Å². The average Bonchev–Trinajstić information content (AvgIpc) is 3.02. The lowest BCUT2D eigenvalue weighted by atomic mass is 10.2. The normalized spacial score (nSPS) is 12.1. The van der Waals surface area contributed by atoms with Crippen molar-refractivity contribution in [3.8, 4) is 0 Å². The van der Waals surface area contributed by atoms with Crippen molar-refractivity contribution < 1.29 is 24.2 Å². The maximum atomic E-state index is 14.2. The highest BCUT2D eigenvalue weighted by Gasteiger charge is 2.20. The predicted molar refractivity (Wildman–Crippen MR) is 104 cm³/mol. The predicted octanol–water partition coefficient (Wildman–Crippen LogP) is 2.96. The van der Waals surface area contributed by atoms with Crippen molar-refractivity contribution in [3.05, 3.63) is 51.8 Å². The second-order valence-electron chi connectivity index (χ2n) is 5.51. The molecule has 0 saturated heterocycles. The molecule has 0 aliphatic carbocycles. The molecule has 10 heteroatoms. The lowest BCUT2D eigenvalue weighted by Gasteiger charge is -2.11. The summed E-state index contributed by atoms with van der Waals surface area (Å²) in [4.78, 5) is 21.7. The molecule has 2 heterocycles. The Kier molecular flexibility index (Phi) is 6.34. The monoisotopic (exact) mass is 455 g/mol. The number of nitrogens with zero attached hydrogens (tertiary/aromatic N) is 1. The highest BCUT2D eigenvalue weighted by molar-refractivity contribution is 9.10. The summed E-state index contributed by atoms with van der Waals surface area (Å²) in [6, 6.07) is 6.27. The van der Waals surface area contributed by atoms with E-state index in [2.05, 4.69) is 31.7 Å². The Hall–Kier alpha value is -2.11. The smallest absolute Gasteiger partial charge is 0.287 e. The molecule has 4 N–H and O–H groups in total. The molecule has 0 spiro atoms. The zero-order valence-electron chi connectivity index (χ0n) is 13.8. The van der Waals surface area contributed by atoms with Gasteiger partial charge in [0.1, 0.15) is 23.4 Å². The van der Waals surface area contributed by atoms with Gasteiger partial charge in [0.05, 0.1) is 22.7 Å². The van der Waals surface area contributed by atoms with Crippen LogP contribution in [0.3, 0.4) is 0 Å². The number of aliphatic hydroxyl groups excluding tert-OH is 2. The Balaban J connectivity index is 1.90. The topological polar surface area (TPSA) is 104 Å². The minimum Gasteiger partial charge on any atom is -0.394 e. The largest absolute Gasteiger partial charge is 0.394 e. The number of pyridine rings is 1. The number of benzene rings is 1. The van der Waals surface area contributed by atoms with Gasteiger partial charge in [0.15, 0.2) is 0 Å². The van der Waals surface area contributed by atoms with Gasteiger partial charge in [-0.3, -0.25) is 14.6 Å². The van der Waals surface area contributed by atoms with Crippen molar-refractivity contribution in [2.75, 3.05) is 18.5 Å². The zero-order valence-corrected chi connectivity index (χ0v) is 16.2. The first-order valence-corrected chi connectivity index (χ1v) is 9.40. The number of hydroxylamine groups is 1. The number of hydrogen-bond donors (Lipinski definition) is 4. The molecule has 0 bridgehead atoms. The second-order valence-corrected chi connectivity index (χ2v) is 7.47. The van der Waals surface area contributed by atoms with E-state index in [-0.39, 0.29) is 17.2 Å². The van der Waals surface area contributed by atoms with Crippen molar-refractivity contribution in [1.29, 1.82) is 0 Å². The molecule has 1 aromatic carbocycles. The number of fused-ring (bicyclic) bond motifs is 1. The summed E-state index contributed by atoms with van der Waals surface area (Å²) in [7, 11) is 0. The minimum atomic E-state index is -1.11. The Labute approximate surface area is 165 Å². The van der Waals surface area contributed by atoms with Gasteiger partial charge in [-0.05, 0) is 24.3 Å². The molecule has 0 saturated carbocycles. The van der Waals surface area contributed by atoms with Crippen LogP contribution in [0.2, 0.25) is 0 Å². The third kappa shape index (κ3) is 4.60. The molecule has 7 nitrogen and oxygen atoms in total. The molecule has 0 unspecified atom stereocenters. The van der Waals surface area contributed by atoms with Gasteiger partial charge in [-0.1, -0.05) is 15.9 Å². The van der Waals surface area contributed by atoms with Crippen LogP contribution in [0, 0.1) is 5.82 Å². The number of rotatable bonds is 7. The van der Waals surface area contributed by atoms with E-state index < -0.39 is 24.4 Å². The number of aliphatic hydroxyl groups is 2. The second kappa shape index (κ2) is 8.72. The van der Waals surface area contributed by atoms with Gasteiger partial charge in [-0.25, -0.2) is 9.87 Å². The first-order valence-electron chi connectivity index (χ1n) is 7.79. The van der Waals surface area contributed by atoms with Crippen LogP contribution in [0.4, 0.5) is 15.8 Å². The van der Waals surface area contributed by atoms with Crippen LogP contribution in [-0.2, 0) is 4.84 Å². The molecule has 0 aliphatic rings. The van der Waals surface area contributed by atoms with E-state index in [1.54, 1.807) is 30.6 Å². The van der Waals surface area contributed by atoms with Gasteiger partial charge in [-0.15, -0.1) is 11.3 Å². The molecule has 142 valence electrons. The summed E-state index contributed by atoms with van der Waals surface area (Å²) in [5.41, 5.74) is 2.84. The van der Waals surface area contributed by atoms with Gasteiger partial charge in [0, 0.05) is 22.3 Å². The molecule has 2 aromatic heterocycles. The van der Waals surface area contributed by atoms with Gasteiger partial charge in [-0.2, -0.15) is 0 Å². The Morgan fingerprint density at radius 3 is 2.96 bits per heavy atom. The van der Waals surface area contributed by atoms with Gasteiger partial charge in [0.25, 0.3) is 5.91 Å². The van der Waals surface area contributed by atoms with Crippen molar-refractivity contribution in [3.63, 3.8) is 0 Å². The van der Waals surface area contributed by atoms with Crippen LogP contribution in [0.1, 0.15) is 9.67 Å². The molecule has 3 aromatic rings. The molecule has 1 amide bonds. The number of carbonyl (C=O) groups excluding carboxylic acids is 1. The van der Waals surface area contributed by atoms with Crippen molar-refractivity contribution in [1.82, 2.24) is 10.5 Å². The Bertz CT molecular complexity index is 969. The van der Waals surface area contributed by atoms with E-state index in [9.17, 15) is 14.3 Å². The maximum Gasteiger partial charge on any atom is 0.287 e. The fourth-order valence-corrected chi connectivity index (χ4v) is 3.61. The molecule has 27 heavy (non-hydrogen) atoms. The first-order chi connectivity index (χ1) is 13.0. The highest BCUT2D eigenvalue weighted by atomic mass is 79.9. The number of amides is 1. The third-order valence-electron chi connectivity index (χ3n) is 3.54. The van der Waals surface area contributed by atoms with Crippen molar-refractivity contribution >= 4 is 54.6 Å². The van der Waals surface area contributed by atoms with E-state index in [1.165, 1.54) is 6.07 Å². The number of carbonyl (C=O) groups is 1.